The first-order valence-electron chi connectivity index (χ1n) is 9.02. The number of nitrogens with one attached hydrogen (secondary N) is 1. The molecular formula is C21H21ClN2O5. The monoisotopic (exact) mass is 416 g/mol. The lowest BCUT2D eigenvalue weighted by atomic mass is 9.95. The van der Waals surface area contributed by atoms with Gasteiger partial charge in [-0.1, -0.05) is 0 Å². The van der Waals surface area contributed by atoms with Gasteiger partial charge in [0.25, 0.3) is 0 Å². The van der Waals surface area contributed by atoms with E-state index in [0.717, 1.165) is 16.6 Å². The summed E-state index contributed by atoms with van der Waals surface area (Å²) in [5, 5.41) is 10.7. The summed E-state index contributed by atoms with van der Waals surface area (Å²) in [6.07, 6.45) is 0. The molecule has 0 radical (unpaired) electrons. The minimum absolute atomic E-state index is 0.0966. The van der Waals surface area contributed by atoms with Gasteiger partial charge in [0, 0.05) is 17.6 Å². The molecule has 1 aliphatic heterocycles. The van der Waals surface area contributed by atoms with Gasteiger partial charge in [-0.2, -0.15) is 0 Å². The number of H-pyrrole nitrogens is 1. The second kappa shape index (κ2) is 7.40. The molecule has 2 heterocycles. The number of alkyl halides is 1. The van der Waals surface area contributed by atoms with Crippen molar-refractivity contribution in [3.05, 3.63) is 41.6 Å². The molecule has 0 spiro atoms. The number of hydrogen-bond acceptors (Lipinski definition) is 6. The predicted octanol–water partition coefficient (Wildman–Crippen LogP) is 3.88. The van der Waals surface area contributed by atoms with Crippen molar-refractivity contribution < 1.29 is 24.1 Å². The normalized spacial score (nSPS) is 15.4. The number of carbonyl (C=O) groups excluding carboxylic acids is 1. The fourth-order valence-electron chi connectivity index (χ4n) is 3.93. The molecule has 0 saturated heterocycles. The number of Topliss-reactive ketones (excluding diaryl/α,β-unsaturated/α-hetero) is 1. The van der Waals surface area contributed by atoms with Gasteiger partial charge in [0.1, 0.15) is 5.75 Å². The van der Waals surface area contributed by atoms with Crippen molar-refractivity contribution in [2.24, 2.45) is 0 Å². The molecule has 7 nitrogen and oxygen atoms in total. The topological polar surface area (TPSA) is 84.0 Å². The van der Waals surface area contributed by atoms with Crippen LogP contribution in [0.15, 0.2) is 30.3 Å². The summed E-state index contributed by atoms with van der Waals surface area (Å²) in [6, 6.07) is 8.83. The third kappa shape index (κ3) is 3.02. The molecule has 0 bridgehead atoms. The standard InChI is InChI=1S/C21H21ClN2O5/c1-27-17-7-11-6-15(23-18(11)21(29-3)20(17)28-2)19(26)14-9-24(10-22)16-5-4-12(25)8-13(14)16/h4-8,14,23,25H,9-10H2,1-3H3. The molecule has 29 heavy (non-hydrogen) atoms. The van der Waals surface area contributed by atoms with Crippen LogP contribution >= 0.6 is 11.6 Å². The van der Waals surface area contributed by atoms with E-state index in [0.29, 0.717) is 35.0 Å². The van der Waals surface area contributed by atoms with E-state index in [1.807, 2.05) is 4.90 Å². The van der Waals surface area contributed by atoms with Crippen LogP contribution in [0.4, 0.5) is 5.69 Å². The Morgan fingerprint density at radius 1 is 1.17 bits per heavy atom. The number of methoxy groups -OCH3 is 3. The molecule has 2 N–H and O–H groups in total. The van der Waals surface area contributed by atoms with Gasteiger partial charge in [-0.15, -0.1) is 11.6 Å². The van der Waals surface area contributed by atoms with E-state index >= 15 is 0 Å². The lowest BCUT2D eigenvalue weighted by Gasteiger charge is -2.15. The van der Waals surface area contributed by atoms with Crippen LogP contribution < -0.4 is 19.1 Å². The maximum absolute atomic E-state index is 13.4. The molecule has 0 aliphatic carbocycles. The number of anilines is 1. The summed E-state index contributed by atoms with van der Waals surface area (Å²) in [4.78, 5) is 18.5. The van der Waals surface area contributed by atoms with Crippen molar-refractivity contribution in [3.63, 3.8) is 0 Å². The van der Waals surface area contributed by atoms with Gasteiger partial charge in [0.05, 0.1) is 44.5 Å². The van der Waals surface area contributed by atoms with Crippen molar-refractivity contribution in [2.45, 2.75) is 5.92 Å². The van der Waals surface area contributed by atoms with E-state index in [9.17, 15) is 9.90 Å². The highest BCUT2D eigenvalue weighted by atomic mass is 35.5. The molecule has 0 saturated carbocycles. The Kier molecular flexibility index (Phi) is 4.92. The van der Waals surface area contributed by atoms with Crippen LogP contribution in [0, 0.1) is 0 Å². The van der Waals surface area contributed by atoms with Gasteiger partial charge in [0.2, 0.25) is 5.75 Å². The number of nitrogens with zero attached hydrogens (tertiary/aromatic N) is 1. The molecular weight excluding hydrogens is 396 g/mol. The summed E-state index contributed by atoms with van der Waals surface area (Å²) < 4.78 is 16.3. The largest absolute Gasteiger partial charge is 0.508 e. The summed E-state index contributed by atoms with van der Waals surface area (Å²) in [5.41, 5.74) is 2.70. The summed E-state index contributed by atoms with van der Waals surface area (Å²) in [5.74, 6) is 1.00. The van der Waals surface area contributed by atoms with Gasteiger partial charge in [-0.3, -0.25) is 4.79 Å². The second-order valence-electron chi connectivity index (χ2n) is 6.79. The van der Waals surface area contributed by atoms with Crippen LogP contribution in [-0.2, 0) is 0 Å². The van der Waals surface area contributed by atoms with Gasteiger partial charge in [-0.25, -0.2) is 0 Å². The Hall–Kier alpha value is -3.06. The number of carbonyl (C=O) groups is 1. The molecule has 0 amide bonds. The molecule has 1 aromatic heterocycles. The zero-order valence-electron chi connectivity index (χ0n) is 16.3. The fraction of sp³-hybridized carbons (Fsp3) is 0.286. The van der Waals surface area contributed by atoms with Crippen molar-refractivity contribution in [2.75, 3.05) is 38.8 Å². The van der Waals surface area contributed by atoms with E-state index in [-0.39, 0.29) is 17.5 Å². The highest BCUT2D eigenvalue weighted by Gasteiger charge is 2.35. The van der Waals surface area contributed by atoms with Crippen LogP contribution in [0.2, 0.25) is 0 Å². The highest BCUT2D eigenvalue weighted by molar-refractivity contribution is 6.19. The molecule has 3 aromatic rings. The minimum atomic E-state index is -0.446. The molecule has 1 unspecified atom stereocenters. The average molecular weight is 417 g/mol. The van der Waals surface area contributed by atoms with Crippen molar-refractivity contribution >= 4 is 34.0 Å². The Labute approximate surface area is 172 Å². The van der Waals surface area contributed by atoms with Gasteiger partial charge < -0.3 is 29.2 Å². The third-order valence-corrected chi connectivity index (χ3v) is 5.56. The number of hydrogen-bond donors (Lipinski definition) is 2. The number of rotatable bonds is 6. The van der Waals surface area contributed by atoms with E-state index in [1.54, 1.807) is 37.4 Å². The Morgan fingerprint density at radius 2 is 1.93 bits per heavy atom. The van der Waals surface area contributed by atoms with E-state index < -0.39 is 5.92 Å². The van der Waals surface area contributed by atoms with Crippen molar-refractivity contribution in [1.82, 2.24) is 4.98 Å². The number of phenols is 1. The fourth-order valence-corrected chi connectivity index (χ4v) is 4.15. The van der Waals surface area contributed by atoms with Gasteiger partial charge in [0.15, 0.2) is 17.3 Å². The number of halogens is 1. The van der Waals surface area contributed by atoms with E-state index in [4.69, 9.17) is 25.8 Å². The first-order chi connectivity index (χ1) is 14.0. The van der Waals surface area contributed by atoms with E-state index in [1.165, 1.54) is 14.2 Å². The Balaban J connectivity index is 1.80. The zero-order valence-corrected chi connectivity index (χ0v) is 17.0. The zero-order chi connectivity index (χ0) is 20.7. The van der Waals surface area contributed by atoms with Crippen molar-refractivity contribution in [3.8, 4) is 23.0 Å². The summed E-state index contributed by atoms with van der Waals surface area (Å²) in [6.45, 7) is 0.445. The molecule has 1 atom stereocenters. The minimum Gasteiger partial charge on any atom is -0.508 e. The van der Waals surface area contributed by atoms with Crippen LogP contribution in [0.3, 0.4) is 0 Å². The number of ketones is 1. The van der Waals surface area contributed by atoms with E-state index in [2.05, 4.69) is 4.98 Å². The molecule has 1 aliphatic rings. The van der Waals surface area contributed by atoms with Crippen molar-refractivity contribution in [1.29, 1.82) is 0 Å². The Morgan fingerprint density at radius 3 is 2.59 bits per heavy atom. The lowest BCUT2D eigenvalue weighted by molar-refractivity contribution is 0.0961. The van der Waals surface area contributed by atoms with Crippen LogP contribution in [0.5, 0.6) is 23.0 Å². The van der Waals surface area contributed by atoms with Crippen LogP contribution in [-0.4, -0.2) is 49.8 Å². The highest BCUT2D eigenvalue weighted by Crippen LogP contribution is 2.44. The molecule has 152 valence electrons. The summed E-state index contributed by atoms with van der Waals surface area (Å²) >= 11 is 6.06. The number of fused-ring (bicyclic) bond motifs is 2. The molecule has 4 rings (SSSR count). The number of aromatic hydroxyl groups is 1. The number of benzene rings is 2. The molecule has 0 fully saturated rings. The number of aromatic nitrogens is 1. The van der Waals surface area contributed by atoms with Gasteiger partial charge >= 0.3 is 0 Å². The number of phenolic OH excluding ortho intramolecular Hbond substituents is 1. The maximum Gasteiger partial charge on any atom is 0.205 e. The maximum atomic E-state index is 13.4. The Bertz CT molecular complexity index is 1090. The smallest absolute Gasteiger partial charge is 0.205 e. The molecule has 2 aromatic carbocycles. The predicted molar refractivity (Wildman–Crippen MR) is 111 cm³/mol. The lowest BCUT2D eigenvalue weighted by Crippen LogP contribution is -2.23. The SMILES string of the molecule is COc1cc2cc(C(=O)C3CN(CCl)c4ccc(O)cc43)[nH]c2c(OC)c1OC. The van der Waals surface area contributed by atoms with Gasteiger partial charge in [-0.05, 0) is 35.9 Å². The first-order valence-corrected chi connectivity index (χ1v) is 9.55. The molecule has 8 heteroatoms. The second-order valence-corrected chi connectivity index (χ2v) is 7.03. The summed E-state index contributed by atoms with van der Waals surface area (Å²) in [7, 11) is 4.61. The van der Waals surface area contributed by atoms with Crippen LogP contribution in [0.1, 0.15) is 22.0 Å². The van der Waals surface area contributed by atoms with Crippen LogP contribution in [0.25, 0.3) is 10.9 Å². The number of aromatic amines is 1. The average Bonchev–Trinajstić information content (AvgIpc) is 3.32. The third-order valence-electron chi connectivity index (χ3n) is 5.28. The first kappa shape index (κ1) is 19.3. The quantitative estimate of drug-likeness (QED) is 0.360. The number of ether oxygens (including phenoxy) is 3.